The molecule has 0 bridgehead atoms. The Kier molecular flexibility index (Phi) is 1.53. The fourth-order valence-corrected chi connectivity index (χ4v) is 1.10. The third-order valence-corrected chi connectivity index (χ3v) is 1.73. The molecule has 0 saturated carbocycles. The Morgan fingerprint density at radius 3 is 3.17 bits per heavy atom. The van der Waals surface area contributed by atoms with Gasteiger partial charge in [-0.15, -0.1) is 0 Å². The van der Waals surface area contributed by atoms with Crippen molar-refractivity contribution in [2.75, 3.05) is 0 Å². The molecule has 0 spiro atoms. The largest absolute Gasteiger partial charge is 0.233 e. The van der Waals surface area contributed by atoms with Gasteiger partial charge in [0.05, 0.1) is 5.69 Å². The smallest absolute Gasteiger partial charge is 0.189 e. The molecule has 2 heterocycles. The van der Waals surface area contributed by atoms with Gasteiger partial charge >= 0.3 is 0 Å². The second kappa shape index (κ2) is 2.55. The lowest BCUT2D eigenvalue weighted by atomic mass is 10.3. The van der Waals surface area contributed by atoms with E-state index in [1.165, 1.54) is 16.8 Å². The third-order valence-electron chi connectivity index (χ3n) is 1.73. The standard InChI is InChI=1S/C8H8FN3/c1-2-6-5-7(9)8-10-3-4-12(8)11-6/h3-5H,2H2,1H3. The van der Waals surface area contributed by atoms with Crippen molar-refractivity contribution in [3.05, 3.63) is 30.0 Å². The van der Waals surface area contributed by atoms with Crippen LogP contribution in [0.5, 0.6) is 0 Å². The van der Waals surface area contributed by atoms with Gasteiger partial charge < -0.3 is 0 Å². The van der Waals surface area contributed by atoms with E-state index in [9.17, 15) is 4.39 Å². The summed E-state index contributed by atoms with van der Waals surface area (Å²) in [5.74, 6) is -0.313. The lowest BCUT2D eigenvalue weighted by molar-refractivity contribution is 0.617. The molecular weight excluding hydrogens is 157 g/mol. The summed E-state index contributed by atoms with van der Waals surface area (Å²) in [6.07, 6.45) is 3.90. The minimum absolute atomic E-state index is 0.284. The zero-order valence-electron chi connectivity index (χ0n) is 6.66. The van der Waals surface area contributed by atoms with Crippen molar-refractivity contribution < 1.29 is 4.39 Å². The molecule has 2 aromatic heterocycles. The highest BCUT2D eigenvalue weighted by Crippen LogP contribution is 2.07. The Hall–Kier alpha value is -1.45. The van der Waals surface area contributed by atoms with E-state index in [0.717, 1.165) is 12.1 Å². The van der Waals surface area contributed by atoms with Crippen LogP contribution in [0.15, 0.2) is 18.5 Å². The molecular formula is C8H8FN3. The number of imidazole rings is 1. The van der Waals surface area contributed by atoms with E-state index in [1.807, 2.05) is 6.92 Å². The van der Waals surface area contributed by atoms with Gasteiger partial charge in [0.2, 0.25) is 0 Å². The molecule has 0 fully saturated rings. The second-order valence-electron chi connectivity index (χ2n) is 2.53. The zero-order chi connectivity index (χ0) is 8.55. The van der Waals surface area contributed by atoms with Crippen LogP contribution in [-0.4, -0.2) is 14.6 Å². The van der Waals surface area contributed by atoms with Gasteiger partial charge in [-0.1, -0.05) is 6.92 Å². The molecule has 3 nitrogen and oxygen atoms in total. The number of nitrogens with zero attached hydrogens (tertiary/aromatic N) is 3. The monoisotopic (exact) mass is 165 g/mol. The molecule has 0 amide bonds. The summed E-state index contributed by atoms with van der Waals surface area (Å²) in [4.78, 5) is 3.82. The number of rotatable bonds is 1. The third kappa shape index (κ3) is 0.958. The Balaban J connectivity index is 2.75. The molecule has 0 N–H and O–H groups in total. The lowest BCUT2D eigenvalue weighted by Gasteiger charge is -1.97. The predicted molar refractivity (Wildman–Crippen MR) is 42.3 cm³/mol. The molecule has 12 heavy (non-hydrogen) atoms. The second-order valence-corrected chi connectivity index (χ2v) is 2.53. The fourth-order valence-electron chi connectivity index (χ4n) is 1.10. The molecule has 2 rings (SSSR count). The summed E-state index contributed by atoms with van der Waals surface area (Å²) in [7, 11) is 0. The molecule has 0 aromatic carbocycles. The van der Waals surface area contributed by atoms with Crippen LogP contribution in [0.3, 0.4) is 0 Å². The van der Waals surface area contributed by atoms with Gasteiger partial charge in [0, 0.05) is 18.5 Å². The van der Waals surface area contributed by atoms with Crippen molar-refractivity contribution in [1.82, 2.24) is 14.6 Å². The maximum Gasteiger partial charge on any atom is 0.189 e. The molecule has 0 atom stereocenters. The molecule has 2 aromatic rings. The van der Waals surface area contributed by atoms with E-state index in [0.29, 0.717) is 0 Å². The number of aromatic nitrogens is 3. The highest BCUT2D eigenvalue weighted by Gasteiger charge is 2.04. The first-order chi connectivity index (χ1) is 5.81. The molecule has 0 aliphatic heterocycles. The summed E-state index contributed by atoms with van der Waals surface area (Å²) >= 11 is 0. The maximum absolute atomic E-state index is 13.1. The van der Waals surface area contributed by atoms with Crippen molar-refractivity contribution in [3.8, 4) is 0 Å². The van der Waals surface area contributed by atoms with E-state index < -0.39 is 0 Å². The van der Waals surface area contributed by atoms with Crippen LogP contribution in [-0.2, 0) is 6.42 Å². The first-order valence-corrected chi connectivity index (χ1v) is 3.80. The summed E-state index contributed by atoms with van der Waals surface area (Å²) in [5, 5.41) is 4.13. The van der Waals surface area contributed by atoms with Crippen molar-refractivity contribution in [2.24, 2.45) is 0 Å². The van der Waals surface area contributed by atoms with Crippen LogP contribution >= 0.6 is 0 Å². The van der Waals surface area contributed by atoms with E-state index in [1.54, 1.807) is 6.20 Å². The predicted octanol–water partition coefficient (Wildman–Crippen LogP) is 1.43. The van der Waals surface area contributed by atoms with Crippen LogP contribution in [0.2, 0.25) is 0 Å². The summed E-state index contributed by atoms with van der Waals surface area (Å²) in [5.41, 5.74) is 1.02. The van der Waals surface area contributed by atoms with Crippen LogP contribution in [0, 0.1) is 5.82 Å². The van der Waals surface area contributed by atoms with Gasteiger partial charge in [0.1, 0.15) is 0 Å². The SMILES string of the molecule is CCc1cc(F)c2nccn2n1. The van der Waals surface area contributed by atoms with Crippen molar-refractivity contribution in [1.29, 1.82) is 0 Å². The van der Waals surface area contributed by atoms with E-state index in [4.69, 9.17) is 0 Å². The first-order valence-electron chi connectivity index (χ1n) is 3.80. The van der Waals surface area contributed by atoms with Gasteiger partial charge in [-0.2, -0.15) is 5.10 Å². The molecule has 0 aliphatic rings. The van der Waals surface area contributed by atoms with Crippen molar-refractivity contribution >= 4 is 5.65 Å². The fraction of sp³-hybridized carbons (Fsp3) is 0.250. The number of aryl methyl sites for hydroxylation is 1. The Morgan fingerprint density at radius 1 is 1.58 bits per heavy atom. The number of hydrogen-bond acceptors (Lipinski definition) is 2. The number of fused-ring (bicyclic) bond motifs is 1. The molecule has 0 aliphatic carbocycles. The highest BCUT2D eigenvalue weighted by molar-refractivity contribution is 5.38. The van der Waals surface area contributed by atoms with Crippen molar-refractivity contribution in [2.45, 2.75) is 13.3 Å². The average Bonchev–Trinajstić information content (AvgIpc) is 2.52. The van der Waals surface area contributed by atoms with E-state index >= 15 is 0 Å². The summed E-state index contributed by atoms with van der Waals surface area (Å²) < 4.78 is 14.6. The lowest BCUT2D eigenvalue weighted by Crippen LogP contribution is -1.98. The van der Waals surface area contributed by atoms with Gasteiger partial charge in [0.25, 0.3) is 0 Å². The van der Waals surface area contributed by atoms with Crippen molar-refractivity contribution in [3.63, 3.8) is 0 Å². The van der Waals surface area contributed by atoms with Crippen LogP contribution < -0.4 is 0 Å². The van der Waals surface area contributed by atoms with E-state index in [2.05, 4.69) is 10.1 Å². The van der Waals surface area contributed by atoms with Crippen LogP contribution in [0.4, 0.5) is 4.39 Å². The average molecular weight is 165 g/mol. The van der Waals surface area contributed by atoms with Crippen LogP contribution in [0.1, 0.15) is 12.6 Å². The maximum atomic E-state index is 13.1. The van der Waals surface area contributed by atoms with Crippen LogP contribution in [0.25, 0.3) is 5.65 Å². The summed E-state index contributed by atoms with van der Waals surface area (Å²) in [6.45, 7) is 1.94. The molecule has 0 unspecified atom stereocenters. The zero-order valence-corrected chi connectivity index (χ0v) is 6.66. The number of halogens is 1. The number of hydrogen-bond donors (Lipinski definition) is 0. The topological polar surface area (TPSA) is 30.2 Å². The summed E-state index contributed by atoms with van der Waals surface area (Å²) in [6, 6.07) is 1.42. The van der Waals surface area contributed by atoms with Gasteiger partial charge in [-0.25, -0.2) is 13.9 Å². The first kappa shape index (κ1) is 7.21. The Labute approximate surface area is 68.9 Å². The Bertz CT molecular complexity index is 408. The van der Waals surface area contributed by atoms with Gasteiger partial charge in [0.15, 0.2) is 11.5 Å². The van der Waals surface area contributed by atoms with Gasteiger partial charge in [-0.05, 0) is 6.42 Å². The highest BCUT2D eigenvalue weighted by atomic mass is 19.1. The quantitative estimate of drug-likeness (QED) is 0.639. The normalized spacial score (nSPS) is 10.8. The molecule has 0 radical (unpaired) electrons. The molecule has 4 heteroatoms. The minimum atomic E-state index is -0.313. The van der Waals surface area contributed by atoms with Gasteiger partial charge in [-0.3, -0.25) is 0 Å². The molecule has 62 valence electrons. The minimum Gasteiger partial charge on any atom is -0.233 e. The van der Waals surface area contributed by atoms with E-state index in [-0.39, 0.29) is 11.5 Å². The molecule has 0 saturated heterocycles. The Morgan fingerprint density at radius 2 is 2.42 bits per heavy atom.